The van der Waals surface area contributed by atoms with Crippen molar-refractivity contribution in [1.29, 1.82) is 0 Å². The summed E-state index contributed by atoms with van der Waals surface area (Å²) in [5.41, 5.74) is 0.814. The molecule has 0 spiro atoms. The number of carbonyl (C=O) groups is 1. The number of carbonyl (C=O) groups excluding carboxylic acids is 1. The van der Waals surface area contributed by atoms with Crippen molar-refractivity contribution in [3.05, 3.63) is 59.1 Å². The van der Waals surface area contributed by atoms with Crippen LogP contribution in [0.5, 0.6) is 5.75 Å². The molecule has 2 aromatic carbocycles. The van der Waals surface area contributed by atoms with E-state index in [4.69, 9.17) is 16.3 Å². The molecule has 0 aromatic heterocycles. The zero-order valence-electron chi connectivity index (χ0n) is 16.3. The number of rotatable bonds is 7. The molecule has 29 heavy (non-hydrogen) atoms. The smallest absolute Gasteiger partial charge is 0.261 e. The quantitative estimate of drug-likeness (QED) is 0.719. The van der Waals surface area contributed by atoms with Crippen molar-refractivity contribution in [2.24, 2.45) is 0 Å². The van der Waals surface area contributed by atoms with E-state index in [2.05, 4.69) is 5.32 Å². The maximum absolute atomic E-state index is 12.7. The van der Waals surface area contributed by atoms with Gasteiger partial charge in [-0.25, -0.2) is 8.42 Å². The molecule has 6 nitrogen and oxygen atoms in total. The van der Waals surface area contributed by atoms with E-state index in [1.165, 1.54) is 0 Å². The fourth-order valence-corrected chi connectivity index (χ4v) is 4.78. The number of sulfonamides is 1. The highest BCUT2D eigenvalue weighted by Gasteiger charge is 2.25. The van der Waals surface area contributed by atoms with Crippen LogP contribution in [0.4, 0.5) is 0 Å². The van der Waals surface area contributed by atoms with E-state index in [1.807, 2.05) is 0 Å². The minimum atomic E-state index is -3.44. The van der Waals surface area contributed by atoms with Crippen molar-refractivity contribution in [3.8, 4) is 5.75 Å². The lowest BCUT2D eigenvalue weighted by molar-refractivity contribution is -0.127. The predicted molar refractivity (Wildman–Crippen MR) is 112 cm³/mol. The van der Waals surface area contributed by atoms with Gasteiger partial charge in [0.15, 0.2) is 6.10 Å². The maximum atomic E-state index is 12.7. The van der Waals surface area contributed by atoms with Gasteiger partial charge in [-0.2, -0.15) is 4.31 Å². The Labute approximate surface area is 176 Å². The average Bonchev–Trinajstić information content (AvgIpc) is 2.74. The summed E-state index contributed by atoms with van der Waals surface area (Å²) in [4.78, 5) is 12.5. The molecule has 1 atom stereocenters. The van der Waals surface area contributed by atoms with Crippen LogP contribution in [-0.2, 0) is 21.4 Å². The lowest BCUT2D eigenvalue weighted by atomic mass is 10.2. The number of ether oxygens (including phenoxy) is 1. The summed E-state index contributed by atoms with van der Waals surface area (Å²) in [5, 5.41) is 3.40. The summed E-state index contributed by atoms with van der Waals surface area (Å²) in [7, 11) is -3.44. The molecule has 0 bridgehead atoms. The zero-order valence-corrected chi connectivity index (χ0v) is 17.9. The summed E-state index contributed by atoms with van der Waals surface area (Å²) in [5.74, 6) is 0.300. The van der Waals surface area contributed by atoms with Crippen molar-refractivity contribution in [3.63, 3.8) is 0 Å². The van der Waals surface area contributed by atoms with Crippen LogP contribution < -0.4 is 10.1 Å². The van der Waals surface area contributed by atoms with Gasteiger partial charge in [0, 0.05) is 24.7 Å². The van der Waals surface area contributed by atoms with Crippen molar-refractivity contribution in [1.82, 2.24) is 9.62 Å². The largest absolute Gasteiger partial charge is 0.481 e. The van der Waals surface area contributed by atoms with Gasteiger partial charge in [-0.15, -0.1) is 0 Å². The molecule has 0 saturated carbocycles. The van der Waals surface area contributed by atoms with E-state index >= 15 is 0 Å². The normalized spacial score (nSPS) is 16.2. The number of halogens is 1. The number of hydrogen-bond acceptors (Lipinski definition) is 4. The monoisotopic (exact) mass is 436 g/mol. The van der Waals surface area contributed by atoms with Crippen molar-refractivity contribution in [2.75, 3.05) is 13.1 Å². The van der Waals surface area contributed by atoms with Crippen LogP contribution in [0.2, 0.25) is 5.02 Å². The first-order valence-corrected chi connectivity index (χ1v) is 11.5. The second kappa shape index (κ2) is 9.61. The molecule has 8 heteroatoms. The summed E-state index contributed by atoms with van der Waals surface area (Å²) in [6.45, 7) is 3.10. The minimum absolute atomic E-state index is 0.259. The Balaban J connectivity index is 1.54. The Bertz CT molecular complexity index is 924. The van der Waals surface area contributed by atoms with Crippen LogP contribution >= 0.6 is 11.6 Å². The topological polar surface area (TPSA) is 75.7 Å². The van der Waals surface area contributed by atoms with Crippen LogP contribution in [0.1, 0.15) is 31.7 Å². The van der Waals surface area contributed by atoms with Gasteiger partial charge in [0.05, 0.1) is 4.90 Å². The van der Waals surface area contributed by atoms with Crippen LogP contribution in [0.15, 0.2) is 53.4 Å². The highest BCUT2D eigenvalue weighted by atomic mass is 35.5. The van der Waals surface area contributed by atoms with Crippen LogP contribution in [0.25, 0.3) is 0 Å². The molecule has 1 fully saturated rings. The van der Waals surface area contributed by atoms with Gasteiger partial charge >= 0.3 is 0 Å². The first-order valence-electron chi connectivity index (χ1n) is 9.65. The van der Waals surface area contributed by atoms with E-state index in [0.717, 1.165) is 24.8 Å². The molecule has 1 heterocycles. The van der Waals surface area contributed by atoms with Crippen molar-refractivity contribution >= 4 is 27.5 Å². The fraction of sp³-hybridized carbons (Fsp3) is 0.381. The van der Waals surface area contributed by atoms with Crippen LogP contribution in [-0.4, -0.2) is 37.8 Å². The molecular formula is C21H25ClN2O4S. The number of piperidine rings is 1. The van der Waals surface area contributed by atoms with Gasteiger partial charge in [0.1, 0.15) is 5.75 Å². The Morgan fingerprint density at radius 2 is 1.69 bits per heavy atom. The minimum Gasteiger partial charge on any atom is -0.481 e. The number of nitrogens with zero attached hydrogens (tertiary/aromatic N) is 1. The molecule has 0 radical (unpaired) electrons. The average molecular weight is 437 g/mol. The van der Waals surface area contributed by atoms with Gasteiger partial charge < -0.3 is 10.1 Å². The predicted octanol–water partition coefficient (Wildman–Crippen LogP) is 3.60. The highest BCUT2D eigenvalue weighted by molar-refractivity contribution is 7.89. The van der Waals surface area contributed by atoms with Gasteiger partial charge in [-0.3, -0.25) is 4.79 Å². The third kappa shape index (κ3) is 5.72. The molecule has 1 saturated heterocycles. The lowest BCUT2D eigenvalue weighted by Crippen LogP contribution is -2.36. The van der Waals surface area contributed by atoms with Gasteiger partial charge in [-0.05, 0) is 61.7 Å². The van der Waals surface area contributed by atoms with Crippen LogP contribution in [0, 0.1) is 0 Å². The molecule has 156 valence electrons. The van der Waals surface area contributed by atoms with Gasteiger partial charge in [-0.1, -0.05) is 30.2 Å². The van der Waals surface area contributed by atoms with E-state index in [1.54, 1.807) is 59.8 Å². The van der Waals surface area contributed by atoms with Gasteiger partial charge in [0.2, 0.25) is 10.0 Å². The van der Waals surface area contributed by atoms with E-state index in [9.17, 15) is 13.2 Å². The molecule has 3 rings (SSSR count). The molecule has 0 unspecified atom stereocenters. The van der Waals surface area contributed by atoms with E-state index in [0.29, 0.717) is 23.9 Å². The molecule has 1 amide bonds. The SMILES string of the molecule is C[C@H](Oc1ccc(Cl)cc1)C(=O)NCc1ccc(S(=O)(=O)N2CCCCC2)cc1. The summed E-state index contributed by atoms with van der Waals surface area (Å²) < 4.78 is 32.5. The molecular weight excluding hydrogens is 412 g/mol. The lowest BCUT2D eigenvalue weighted by Gasteiger charge is -2.25. The molecule has 1 N–H and O–H groups in total. The third-order valence-corrected chi connectivity index (χ3v) is 7.00. The highest BCUT2D eigenvalue weighted by Crippen LogP contribution is 2.21. The maximum Gasteiger partial charge on any atom is 0.261 e. The number of amides is 1. The van der Waals surface area contributed by atoms with Crippen LogP contribution in [0.3, 0.4) is 0 Å². The van der Waals surface area contributed by atoms with Crippen molar-refractivity contribution < 1.29 is 17.9 Å². The second-order valence-electron chi connectivity index (χ2n) is 7.04. The number of nitrogens with one attached hydrogen (secondary N) is 1. The Kier molecular flexibility index (Phi) is 7.16. The molecule has 2 aromatic rings. The fourth-order valence-electron chi connectivity index (χ4n) is 3.14. The number of hydrogen-bond donors (Lipinski definition) is 1. The van der Waals surface area contributed by atoms with E-state index < -0.39 is 16.1 Å². The van der Waals surface area contributed by atoms with E-state index in [-0.39, 0.29) is 17.3 Å². The first kappa shape index (κ1) is 21.6. The summed E-state index contributed by atoms with van der Waals surface area (Å²) in [6, 6.07) is 13.4. The number of benzene rings is 2. The first-order chi connectivity index (χ1) is 13.9. The van der Waals surface area contributed by atoms with Gasteiger partial charge in [0.25, 0.3) is 5.91 Å². The molecule has 1 aliphatic rings. The standard InChI is InChI=1S/C21H25ClN2O4S/c1-16(28-19-9-7-18(22)8-10-19)21(25)23-15-17-5-11-20(12-6-17)29(26,27)24-13-3-2-4-14-24/h5-12,16H,2-4,13-15H2,1H3,(H,23,25)/t16-/m0/s1. The third-order valence-electron chi connectivity index (χ3n) is 4.84. The Hall–Kier alpha value is -2.09. The molecule has 0 aliphatic carbocycles. The Morgan fingerprint density at radius 3 is 2.31 bits per heavy atom. The molecule has 1 aliphatic heterocycles. The Morgan fingerprint density at radius 1 is 1.07 bits per heavy atom. The summed E-state index contributed by atoms with van der Waals surface area (Å²) in [6.07, 6.45) is 2.21. The summed E-state index contributed by atoms with van der Waals surface area (Å²) >= 11 is 5.84. The van der Waals surface area contributed by atoms with Crippen molar-refractivity contribution in [2.45, 2.75) is 43.7 Å². The second-order valence-corrected chi connectivity index (χ2v) is 9.41. The zero-order chi connectivity index (χ0) is 20.9.